The van der Waals surface area contributed by atoms with Gasteiger partial charge in [0.1, 0.15) is 5.75 Å². The summed E-state index contributed by atoms with van der Waals surface area (Å²) in [4.78, 5) is 14.4. The van der Waals surface area contributed by atoms with E-state index in [1.54, 1.807) is 24.1 Å². The van der Waals surface area contributed by atoms with Crippen molar-refractivity contribution in [2.24, 2.45) is 0 Å². The van der Waals surface area contributed by atoms with E-state index in [0.29, 0.717) is 19.6 Å². The molecule has 2 aromatic carbocycles. The van der Waals surface area contributed by atoms with Gasteiger partial charge in [0.2, 0.25) is 0 Å². The van der Waals surface area contributed by atoms with Crippen LogP contribution in [0.1, 0.15) is 11.6 Å². The van der Waals surface area contributed by atoms with Crippen LogP contribution in [-0.4, -0.2) is 44.2 Å². The molecule has 1 saturated heterocycles. The van der Waals surface area contributed by atoms with Crippen LogP contribution in [0.25, 0.3) is 0 Å². The Kier molecular flexibility index (Phi) is 5.50. The number of carbonyl (C=O) groups excluding carboxylic acids is 1. The van der Waals surface area contributed by atoms with Crippen molar-refractivity contribution < 1.29 is 18.7 Å². The lowest BCUT2D eigenvalue weighted by Gasteiger charge is -2.37. The molecule has 2 aromatic rings. The first-order valence-electron chi connectivity index (χ1n) is 8.21. The third kappa shape index (κ3) is 3.91. The molecule has 1 heterocycles. The monoisotopic (exact) mass is 344 g/mol. The molecule has 0 spiro atoms. The number of piperazine rings is 1. The number of hydrogen-bond acceptors (Lipinski definition) is 4. The molecule has 1 N–H and O–H groups in total. The Labute approximate surface area is 146 Å². The highest BCUT2D eigenvalue weighted by Gasteiger charge is 2.30. The highest BCUT2D eigenvalue weighted by atomic mass is 19.1. The fourth-order valence-electron chi connectivity index (χ4n) is 3.01. The van der Waals surface area contributed by atoms with Crippen LogP contribution in [0, 0.1) is 5.82 Å². The minimum Gasteiger partial charge on any atom is -0.496 e. The zero-order valence-electron chi connectivity index (χ0n) is 14.1. The summed E-state index contributed by atoms with van der Waals surface area (Å²) in [6.07, 6.45) is 0. The summed E-state index contributed by atoms with van der Waals surface area (Å²) < 4.78 is 24.4. The standard InChI is InChI=1S/C19H21FN2O3/c1-24-17-8-4-2-6-14(17)16-12-21-10-11-22(16)19(23)13-25-18-9-5-3-7-15(18)20/h2-9,16,21H,10-13H2,1H3. The van der Waals surface area contributed by atoms with Crippen LogP contribution in [0.15, 0.2) is 48.5 Å². The summed E-state index contributed by atoms with van der Waals surface area (Å²) in [6.45, 7) is 1.69. The maximum Gasteiger partial charge on any atom is 0.261 e. The molecule has 1 atom stereocenters. The molecule has 0 saturated carbocycles. The van der Waals surface area contributed by atoms with Gasteiger partial charge in [-0.2, -0.15) is 0 Å². The fraction of sp³-hybridized carbons (Fsp3) is 0.316. The van der Waals surface area contributed by atoms with Crippen LogP contribution >= 0.6 is 0 Å². The minimum atomic E-state index is -0.475. The first-order valence-corrected chi connectivity index (χ1v) is 8.21. The molecule has 25 heavy (non-hydrogen) atoms. The van der Waals surface area contributed by atoms with Crippen LogP contribution in [0.4, 0.5) is 4.39 Å². The summed E-state index contributed by atoms with van der Waals surface area (Å²) in [5.41, 5.74) is 0.941. The number of para-hydroxylation sites is 2. The van der Waals surface area contributed by atoms with E-state index in [1.807, 2.05) is 24.3 Å². The van der Waals surface area contributed by atoms with Crippen molar-refractivity contribution in [3.63, 3.8) is 0 Å². The average molecular weight is 344 g/mol. The number of benzene rings is 2. The smallest absolute Gasteiger partial charge is 0.261 e. The Balaban J connectivity index is 1.74. The summed E-state index contributed by atoms with van der Waals surface area (Å²) in [7, 11) is 1.61. The Bertz CT molecular complexity index is 738. The van der Waals surface area contributed by atoms with Gasteiger partial charge in [-0.3, -0.25) is 4.79 Å². The lowest BCUT2D eigenvalue weighted by molar-refractivity contribution is -0.136. The third-order valence-electron chi connectivity index (χ3n) is 4.25. The second kappa shape index (κ2) is 7.98. The van der Waals surface area contributed by atoms with Crippen LogP contribution in [0.2, 0.25) is 0 Å². The fourth-order valence-corrected chi connectivity index (χ4v) is 3.01. The number of rotatable bonds is 5. The summed E-state index contributed by atoms with van der Waals surface area (Å²) in [5.74, 6) is 0.168. The van der Waals surface area contributed by atoms with Crippen LogP contribution in [0.5, 0.6) is 11.5 Å². The number of nitrogens with zero attached hydrogens (tertiary/aromatic N) is 1. The van der Waals surface area contributed by atoms with Gasteiger partial charge in [-0.1, -0.05) is 30.3 Å². The zero-order chi connectivity index (χ0) is 17.6. The topological polar surface area (TPSA) is 50.8 Å². The highest BCUT2D eigenvalue weighted by molar-refractivity contribution is 5.78. The SMILES string of the molecule is COc1ccccc1C1CNCCN1C(=O)COc1ccccc1F. The van der Waals surface area contributed by atoms with Gasteiger partial charge in [0.25, 0.3) is 5.91 Å². The first kappa shape index (κ1) is 17.2. The second-order valence-corrected chi connectivity index (χ2v) is 5.77. The van der Waals surface area contributed by atoms with Gasteiger partial charge in [0.15, 0.2) is 18.2 Å². The van der Waals surface area contributed by atoms with Crippen LogP contribution < -0.4 is 14.8 Å². The summed E-state index contributed by atoms with van der Waals surface area (Å²) >= 11 is 0. The van der Waals surface area contributed by atoms with E-state index in [9.17, 15) is 9.18 Å². The molecule has 1 aliphatic rings. The van der Waals surface area contributed by atoms with Crippen molar-refractivity contribution >= 4 is 5.91 Å². The van der Waals surface area contributed by atoms with Gasteiger partial charge in [0.05, 0.1) is 13.2 Å². The maximum atomic E-state index is 13.6. The van der Waals surface area contributed by atoms with E-state index < -0.39 is 5.82 Å². The summed E-state index contributed by atoms with van der Waals surface area (Å²) in [5, 5.41) is 3.30. The average Bonchev–Trinajstić information content (AvgIpc) is 2.67. The van der Waals surface area contributed by atoms with E-state index in [4.69, 9.17) is 9.47 Å². The molecule has 1 amide bonds. The molecule has 1 aliphatic heterocycles. The largest absolute Gasteiger partial charge is 0.496 e. The number of ether oxygens (including phenoxy) is 2. The predicted molar refractivity (Wildman–Crippen MR) is 92.2 cm³/mol. The molecule has 0 bridgehead atoms. The molecule has 1 unspecified atom stereocenters. The lowest BCUT2D eigenvalue weighted by Crippen LogP contribution is -2.50. The van der Waals surface area contributed by atoms with Crippen LogP contribution in [-0.2, 0) is 4.79 Å². The molecule has 6 heteroatoms. The van der Waals surface area contributed by atoms with Crippen molar-refractivity contribution in [2.75, 3.05) is 33.4 Å². The normalized spacial score (nSPS) is 17.2. The van der Waals surface area contributed by atoms with Gasteiger partial charge < -0.3 is 19.7 Å². The number of halogens is 1. The Morgan fingerprint density at radius 2 is 1.92 bits per heavy atom. The Morgan fingerprint density at radius 1 is 1.20 bits per heavy atom. The van der Waals surface area contributed by atoms with Crippen molar-refractivity contribution in [1.29, 1.82) is 0 Å². The van der Waals surface area contributed by atoms with Gasteiger partial charge in [-0.25, -0.2) is 4.39 Å². The van der Waals surface area contributed by atoms with Gasteiger partial charge in [-0.05, 0) is 18.2 Å². The molecule has 1 fully saturated rings. The number of amides is 1. The molecular formula is C19H21FN2O3. The molecule has 0 aliphatic carbocycles. The number of methoxy groups -OCH3 is 1. The second-order valence-electron chi connectivity index (χ2n) is 5.77. The predicted octanol–water partition coefficient (Wildman–Crippen LogP) is 2.39. The number of nitrogens with one attached hydrogen (secondary N) is 1. The molecule has 0 aromatic heterocycles. The van der Waals surface area contributed by atoms with Crippen molar-refractivity contribution in [2.45, 2.75) is 6.04 Å². The minimum absolute atomic E-state index is 0.0832. The molecule has 0 radical (unpaired) electrons. The van der Waals surface area contributed by atoms with Gasteiger partial charge in [-0.15, -0.1) is 0 Å². The maximum absolute atomic E-state index is 13.6. The van der Waals surface area contributed by atoms with E-state index >= 15 is 0 Å². The van der Waals surface area contributed by atoms with Crippen molar-refractivity contribution in [3.05, 3.63) is 59.9 Å². The van der Waals surface area contributed by atoms with Crippen molar-refractivity contribution in [1.82, 2.24) is 10.2 Å². The van der Waals surface area contributed by atoms with E-state index in [0.717, 1.165) is 11.3 Å². The van der Waals surface area contributed by atoms with E-state index in [2.05, 4.69) is 5.32 Å². The van der Waals surface area contributed by atoms with E-state index in [-0.39, 0.29) is 24.3 Å². The van der Waals surface area contributed by atoms with Crippen molar-refractivity contribution in [3.8, 4) is 11.5 Å². The quantitative estimate of drug-likeness (QED) is 0.905. The molecule has 132 valence electrons. The number of carbonyl (C=O) groups is 1. The summed E-state index contributed by atoms with van der Waals surface area (Å²) in [6, 6.07) is 13.6. The van der Waals surface area contributed by atoms with Gasteiger partial charge >= 0.3 is 0 Å². The van der Waals surface area contributed by atoms with Crippen LogP contribution in [0.3, 0.4) is 0 Å². The third-order valence-corrected chi connectivity index (χ3v) is 4.25. The van der Waals surface area contributed by atoms with Gasteiger partial charge in [0, 0.05) is 25.2 Å². The first-order chi connectivity index (χ1) is 12.2. The highest BCUT2D eigenvalue weighted by Crippen LogP contribution is 2.30. The lowest BCUT2D eigenvalue weighted by atomic mass is 10.0. The Morgan fingerprint density at radius 3 is 2.68 bits per heavy atom. The zero-order valence-corrected chi connectivity index (χ0v) is 14.1. The number of hydrogen-bond donors (Lipinski definition) is 1. The molecule has 5 nitrogen and oxygen atoms in total. The van der Waals surface area contributed by atoms with E-state index in [1.165, 1.54) is 12.1 Å². The molecular weight excluding hydrogens is 323 g/mol. The Hall–Kier alpha value is -2.60. The molecule has 3 rings (SSSR count).